The maximum absolute atomic E-state index is 12.7. The van der Waals surface area contributed by atoms with Crippen molar-refractivity contribution in [3.63, 3.8) is 0 Å². The molecular formula is C16H27N3O. The second-order valence-corrected chi connectivity index (χ2v) is 6.07. The molecule has 0 aliphatic heterocycles. The first kappa shape index (κ1) is 16.3. The van der Waals surface area contributed by atoms with Crippen LogP contribution in [0.4, 0.5) is 11.4 Å². The molecule has 1 atom stereocenters. The zero-order valence-corrected chi connectivity index (χ0v) is 13.5. The number of nitrogens with zero attached hydrogens (tertiary/aromatic N) is 2. The third-order valence-corrected chi connectivity index (χ3v) is 3.53. The molecule has 1 rings (SSSR count). The number of anilines is 2. The highest BCUT2D eigenvalue weighted by atomic mass is 16.2. The zero-order chi connectivity index (χ0) is 15.4. The number of hydrogen-bond acceptors (Lipinski definition) is 3. The van der Waals surface area contributed by atoms with Crippen molar-refractivity contribution < 1.29 is 4.79 Å². The van der Waals surface area contributed by atoms with Gasteiger partial charge in [0.2, 0.25) is 0 Å². The summed E-state index contributed by atoms with van der Waals surface area (Å²) in [6.07, 6.45) is 0.988. The van der Waals surface area contributed by atoms with Crippen LogP contribution in [-0.2, 0) is 0 Å². The third-order valence-electron chi connectivity index (χ3n) is 3.53. The number of rotatable bonds is 5. The molecule has 0 aliphatic rings. The Kier molecular flexibility index (Phi) is 5.43. The van der Waals surface area contributed by atoms with Crippen LogP contribution in [0.15, 0.2) is 18.2 Å². The van der Waals surface area contributed by atoms with Gasteiger partial charge in [-0.25, -0.2) is 0 Å². The lowest BCUT2D eigenvalue weighted by molar-refractivity contribution is 0.0729. The van der Waals surface area contributed by atoms with Gasteiger partial charge >= 0.3 is 0 Å². The molecule has 1 aromatic carbocycles. The van der Waals surface area contributed by atoms with E-state index in [0.717, 1.165) is 12.1 Å². The summed E-state index contributed by atoms with van der Waals surface area (Å²) < 4.78 is 0. The van der Waals surface area contributed by atoms with Crippen LogP contribution in [0.1, 0.15) is 37.6 Å². The molecule has 0 saturated heterocycles. The highest BCUT2D eigenvalue weighted by molar-refractivity contribution is 6.00. The molecule has 1 unspecified atom stereocenters. The summed E-state index contributed by atoms with van der Waals surface area (Å²) in [6, 6.07) is 5.68. The molecule has 0 saturated carbocycles. The Morgan fingerprint density at radius 2 is 1.80 bits per heavy atom. The molecule has 0 radical (unpaired) electrons. The monoisotopic (exact) mass is 277 g/mol. The van der Waals surface area contributed by atoms with Crippen LogP contribution in [0.5, 0.6) is 0 Å². The number of amides is 1. The predicted molar refractivity (Wildman–Crippen MR) is 86.2 cm³/mol. The first-order chi connectivity index (χ1) is 9.23. The minimum absolute atomic E-state index is 0.0224. The first-order valence-electron chi connectivity index (χ1n) is 7.08. The number of nitrogen functional groups attached to an aromatic ring is 1. The van der Waals surface area contributed by atoms with E-state index in [0.29, 0.717) is 17.2 Å². The average molecular weight is 277 g/mol. The number of hydrogen-bond donors (Lipinski definition) is 1. The fraction of sp³-hybridized carbons (Fsp3) is 0.562. The van der Waals surface area contributed by atoms with Gasteiger partial charge in [-0.1, -0.05) is 13.8 Å². The number of benzene rings is 1. The Bertz CT molecular complexity index is 469. The Morgan fingerprint density at radius 3 is 2.30 bits per heavy atom. The van der Waals surface area contributed by atoms with E-state index in [1.54, 1.807) is 6.07 Å². The van der Waals surface area contributed by atoms with E-state index in [9.17, 15) is 4.79 Å². The highest BCUT2D eigenvalue weighted by Gasteiger charge is 2.21. The Hall–Kier alpha value is -1.71. The van der Waals surface area contributed by atoms with E-state index in [1.807, 2.05) is 43.1 Å². The van der Waals surface area contributed by atoms with Crippen molar-refractivity contribution in [1.29, 1.82) is 0 Å². The van der Waals surface area contributed by atoms with Crippen molar-refractivity contribution in [3.05, 3.63) is 23.8 Å². The van der Waals surface area contributed by atoms with Crippen LogP contribution in [0.2, 0.25) is 0 Å². The summed E-state index contributed by atoms with van der Waals surface area (Å²) in [7, 11) is 5.72. The van der Waals surface area contributed by atoms with Gasteiger partial charge < -0.3 is 15.5 Å². The van der Waals surface area contributed by atoms with Crippen LogP contribution >= 0.6 is 0 Å². The lowest BCUT2D eigenvalue weighted by Gasteiger charge is -2.28. The molecule has 0 aliphatic carbocycles. The van der Waals surface area contributed by atoms with E-state index in [-0.39, 0.29) is 11.9 Å². The van der Waals surface area contributed by atoms with Crippen LogP contribution in [0, 0.1) is 5.92 Å². The Balaban J connectivity index is 3.04. The van der Waals surface area contributed by atoms with E-state index in [2.05, 4.69) is 20.8 Å². The summed E-state index contributed by atoms with van der Waals surface area (Å²) >= 11 is 0. The molecule has 4 nitrogen and oxygen atoms in total. The Labute approximate surface area is 122 Å². The fourth-order valence-electron chi connectivity index (χ4n) is 2.35. The van der Waals surface area contributed by atoms with E-state index in [4.69, 9.17) is 5.73 Å². The van der Waals surface area contributed by atoms with Crippen molar-refractivity contribution >= 4 is 17.3 Å². The predicted octanol–water partition coefficient (Wildman–Crippen LogP) is 2.84. The normalized spacial score (nSPS) is 12.3. The van der Waals surface area contributed by atoms with Gasteiger partial charge in [0.05, 0.1) is 5.56 Å². The standard InChI is InChI=1S/C16H27N3O/c1-11(2)9-12(3)19(6)16(20)14-10-13(17)7-8-15(14)18(4)5/h7-8,10-12H,9,17H2,1-6H3. The summed E-state index contributed by atoms with van der Waals surface area (Å²) in [5, 5.41) is 0. The van der Waals surface area contributed by atoms with E-state index < -0.39 is 0 Å². The Morgan fingerprint density at radius 1 is 1.20 bits per heavy atom. The molecule has 1 amide bonds. The van der Waals surface area contributed by atoms with Crippen molar-refractivity contribution in [2.75, 3.05) is 31.8 Å². The smallest absolute Gasteiger partial charge is 0.256 e. The zero-order valence-electron chi connectivity index (χ0n) is 13.5. The lowest BCUT2D eigenvalue weighted by atomic mass is 10.0. The van der Waals surface area contributed by atoms with Gasteiger partial charge in [-0.05, 0) is 37.5 Å². The van der Waals surface area contributed by atoms with Gasteiger partial charge in [0.25, 0.3) is 5.91 Å². The van der Waals surface area contributed by atoms with Crippen LogP contribution < -0.4 is 10.6 Å². The second kappa shape index (κ2) is 6.64. The molecule has 1 aromatic rings. The van der Waals surface area contributed by atoms with Crippen LogP contribution in [0.3, 0.4) is 0 Å². The maximum atomic E-state index is 12.7. The average Bonchev–Trinajstić information content (AvgIpc) is 2.35. The minimum Gasteiger partial charge on any atom is -0.399 e. The highest BCUT2D eigenvalue weighted by Crippen LogP contribution is 2.24. The lowest BCUT2D eigenvalue weighted by Crippen LogP contribution is -2.36. The maximum Gasteiger partial charge on any atom is 0.256 e. The minimum atomic E-state index is 0.0224. The first-order valence-corrected chi connectivity index (χ1v) is 7.08. The van der Waals surface area contributed by atoms with Gasteiger partial charge in [-0.15, -0.1) is 0 Å². The summed E-state index contributed by atoms with van der Waals surface area (Å²) in [6.45, 7) is 6.42. The number of carbonyl (C=O) groups is 1. The van der Waals surface area contributed by atoms with Crippen LogP contribution in [-0.4, -0.2) is 38.0 Å². The molecule has 0 spiro atoms. The van der Waals surface area contributed by atoms with Crippen molar-refractivity contribution in [2.24, 2.45) is 5.92 Å². The van der Waals surface area contributed by atoms with Crippen molar-refractivity contribution in [1.82, 2.24) is 4.90 Å². The van der Waals surface area contributed by atoms with Gasteiger partial charge in [-0.3, -0.25) is 4.79 Å². The van der Waals surface area contributed by atoms with Crippen molar-refractivity contribution in [2.45, 2.75) is 33.2 Å². The van der Waals surface area contributed by atoms with Gasteiger partial charge in [0.1, 0.15) is 0 Å². The van der Waals surface area contributed by atoms with Crippen molar-refractivity contribution in [3.8, 4) is 0 Å². The van der Waals surface area contributed by atoms with E-state index in [1.165, 1.54) is 0 Å². The summed E-state index contributed by atoms with van der Waals surface area (Å²) in [5.41, 5.74) is 8.00. The summed E-state index contributed by atoms with van der Waals surface area (Å²) in [5.74, 6) is 0.587. The molecule has 4 heteroatoms. The second-order valence-electron chi connectivity index (χ2n) is 6.07. The molecule has 0 fully saturated rings. The molecular weight excluding hydrogens is 250 g/mol. The van der Waals surface area contributed by atoms with Gasteiger partial charge in [0.15, 0.2) is 0 Å². The van der Waals surface area contributed by atoms with Gasteiger partial charge in [0, 0.05) is 38.6 Å². The topological polar surface area (TPSA) is 49.6 Å². The largest absolute Gasteiger partial charge is 0.399 e. The number of nitrogens with two attached hydrogens (primary N) is 1. The molecule has 0 aromatic heterocycles. The SMILES string of the molecule is CC(C)CC(C)N(C)C(=O)c1cc(N)ccc1N(C)C. The third kappa shape index (κ3) is 3.89. The molecule has 20 heavy (non-hydrogen) atoms. The summed E-state index contributed by atoms with van der Waals surface area (Å²) in [4.78, 5) is 16.4. The van der Waals surface area contributed by atoms with Crippen LogP contribution in [0.25, 0.3) is 0 Å². The molecule has 112 valence electrons. The fourth-order valence-corrected chi connectivity index (χ4v) is 2.35. The molecule has 2 N–H and O–H groups in total. The molecule has 0 bridgehead atoms. The molecule has 0 heterocycles. The van der Waals surface area contributed by atoms with Gasteiger partial charge in [-0.2, -0.15) is 0 Å². The quantitative estimate of drug-likeness (QED) is 0.842. The number of carbonyl (C=O) groups excluding carboxylic acids is 1. The van der Waals surface area contributed by atoms with E-state index >= 15 is 0 Å².